The van der Waals surface area contributed by atoms with Gasteiger partial charge in [-0.1, -0.05) is 72.8 Å². The van der Waals surface area contributed by atoms with E-state index in [-0.39, 0.29) is 23.1 Å². The van der Waals surface area contributed by atoms with Crippen molar-refractivity contribution in [2.45, 2.75) is 0 Å². The third-order valence-electron chi connectivity index (χ3n) is 5.68. The second kappa shape index (κ2) is 7.06. The Balaban J connectivity index is 1.44. The molecule has 0 amide bonds. The van der Waals surface area contributed by atoms with E-state index in [2.05, 4.69) is 0 Å². The number of hydrogen-bond donors (Lipinski definition) is 0. The molecule has 2 aliphatic heterocycles. The van der Waals surface area contributed by atoms with Crippen LogP contribution in [0, 0.1) is 0 Å². The highest BCUT2D eigenvalue weighted by Crippen LogP contribution is 2.45. The van der Waals surface area contributed by atoms with Crippen LogP contribution in [0.2, 0.25) is 0 Å². The molecule has 0 unspecified atom stereocenters. The minimum Gasteiger partial charge on any atom is -0.453 e. The standard InChI is InChI=1S/C28H16O4/c29-27(17-7-3-1-4-8-17)23-15-19-11-14-22-26-20(12-13-21(31-23)25(19)26)16-24(32-22)28(30)18-9-5-2-6-10-18/h1-16H. The number of carbonyl (C=O) groups excluding carboxylic acids is 2. The number of ketones is 2. The fraction of sp³-hybridized carbons (Fsp3) is 0. The molecule has 0 aromatic heterocycles. The van der Waals surface area contributed by atoms with Crippen LogP contribution in [0.5, 0.6) is 11.5 Å². The lowest BCUT2D eigenvalue weighted by Crippen LogP contribution is -2.15. The second-order valence-corrected chi connectivity index (χ2v) is 7.67. The zero-order valence-corrected chi connectivity index (χ0v) is 16.9. The van der Waals surface area contributed by atoms with Gasteiger partial charge in [0.15, 0.2) is 11.5 Å². The molecular formula is C28H16O4. The fourth-order valence-corrected chi connectivity index (χ4v) is 4.16. The van der Waals surface area contributed by atoms with Gasteiger partial charge in [-0.15, -0.1) is 0 Å². The molecule has 0 aliphatic carbocycles. The summed E-state index contributed by atoms with van der Waals surface area (Å²) < 4.78 is 12.0. The number of hydrogen-bond acceptors (Lipinski definition) is 4. The number of rotatable bonds is 4. The molecule has 0 fully saturated rings. The summed E-state index contributed by atoms with van der Waals surface area (Å²) in [6.07, 6.45) is 3.53. The number of Topliss-reactive ketones (excluding diaryl/α,β-unsaturated/α-hetero) is 2. The van der Waals surface area contributed by atoms with E-state index in [9.17, 15) is 9.59 Å². The molecule has 4 aromatic carbocycles. The Kier molecular flexibility index (Phi) is 4.05. The molecule has 0 saturated carbocycles. The second-order valence-electron chi connectivity index (χ2n) is 7.67. The molecule has 32 heavy (non-hydrogen) atoms. The van der Waals surface area contributed by atoms with Gasteiger partial charge >= 0.3 is 0 Å². The highest BCUT2D eigenvalue weighted by atomic mass is 16.5. The van der Waals surface area contributed by atoms with Gasteiger partial charge in [-0.2, -0.15) is 0 Å². The SMILES string of the molecule is O=C(C1=Cc2ccc3c4c(ccc(c24)O1)C=C(C(=O)c1ccccc1)O3)c1ccccc1. The van der Waals surface area contributed by atoms with E-state index < -0.39 is 0 Å². The van der Waals surface area contributed by atoms with Gasteiger partial charge in [0.2, 0.25) is 11.6 Å². The number of benzene rings is 4. The molecule has 2 heterocycles. The summed E-state index contributed by atoms with van der Waals surface area (Å²) in [6.45, 7) is 0. The van der Waals surface area contributed by atoms with E-state index in [1.165, 1.54) is 0 Å². The van der Waals surface area contributed by atoms with Gasteiger partial charge in [0.1, 0.15) is 11.5 Å². The van der Waals surface area contributed by atoms with Crippen LogP contribution >= 0.6 is 0 Å². The van der Waals surface area contributed by atoms with Crippen molar-refractivity contribution >= 4 is 34.5 Å². The molecule has 4 nitrogen and oxygen atoms in total. The maximum atomic E-state index is 12.9. The highest BCUT2D eigenvalue weighted by Gasteiger charge is 2.27. The first-order valence-electron chi connectivity index (χ1n) is 10.3. The summed E-state index contributed by atoms with van der Waals surface area (Å²) in [5.74, 6) is 1.40. The van der Waals surface area contributed by atoms with Crippen molar-refractivity contribution in [3.8, 4) is 11.5 Å². The molecule has 0 radical (unpaired) electrons. The van der Waals surface area contributed by atoms with Crippen molar-refractivity contribution in [1.29, 1.82) is 0 Å². The van der Waals surface area contributed by atoms with E-state index >= 15 is 0 Å². The van der Waals surface area contributed by atoms with E-state index in [4.69, 9.17) is 9.47 Å². The van der Waals surface area contributed by atoms with Crippen molar-refractivity contribution in [3.05, 3.63) is 119 Å². The lowest BCUT2D eigenvalue weighted by atomic mass is 9.93. The van der Waals surface area contributed by atoms with Crippen molar-refractivity contribution in [1.82, 2.24) is 0 Å². The molecule has 152 valence electrons. The van der Waals surface area contributed by atoms with Crippen molar-refractivity contribution in [2.75, 3.05) is 0 Å². The number of carbonyl (C=O) groups is 2. The quantitative estimate of drug-likeness (QED) is 0.379. The van der Waals surface area contributed by atoms with E-state index in [1.54, 1.807) is 36.4 Å². The van der Waals surface area contributed by atoms with Crippen LogP contribution in [0.3, 0.4) is 0 Å². The molecule has 4 heteroatoms. The van der Waals surface area contributed by atoms with Crippen LogP contribution in [-0.2, 0) is 0 Å². The smallest absolute Gasteiger partial charge is 0.228 e. The largest absolute Gasteiger partial charge is 0.453 e. The van der Waals surface area contributed by atoms with Gasteiger partial charge < -0.3 is 9.47 Å². The van der Waals surface area contributed by atoms with Crippen LogP contribution in [-0.4, -0.2) is 11.6 Å². The first-order chi connectivity index (χ1) is 15.7. The van der Waals surface area contributed by atoms with Crippen LogP contribution < -0.4 is 9.47 Å². The molecule has 4 aromatic rings. The Morgan fingerprint density at radius 2 is 0.906 bits per heavy atom. The normalized spacial score (nSPS) is 13.5. The predicted octanol–water partition coefficient (Wildman–Crippen LogP) is 6.07. The van der Waals surface area contributed by atoms with E-state index in [0.717, 1.165) is 21.9 Å². The van der Waals surface area contributed by atoms with Crippen molar-refractivity contribution in [3.63, 3.8) is 0 Å². The molecule has 2 aliphatic rings. The van der Waals surface area contributed by atoms with Gasteiger partial charge in [-0.25, -0.2) is 0 Å². The van der Waals surface area contributed by atoms with E-state index in [0.29, 0.717) is 22.6 Å². The first kappa shape index (κ1) is 18.3. The van der Waals surface area contributed by atoms with Gasteiger partial charge in [0, 0.05) is 21.9 Å². The molecule has 0 N–H and O–H groups in total. The molecule has 6 rings (SSSR count). The maximum absolute atomic E-state index is 12.9. The minimum atomic E-state index is -0.170. The Labute approximate surface area is 184 Å². The van der Waals surface area contributed by atoms with Crippen molar-refractivity contribution < 1.29 is 19.1 Å². The van der Waals surface area contributed by atoms with Crippen LogP contribution in [0.25, 0.3) is 22.9 Å². The topological polar surface area (TPSA) is 52.6 Å². The van der Waals surface area contributed by atoms with Crippen LogP contribution in [0.1, 0.15) is 31.8 Å². The molecular weight excluding hydrogens is 400 g/mol. The monoisotopic (exact) mass is 416 g/mol. The zero-order chi connectivity index (χ0) is 21.7. The third kappa shape index (κ3) is 2.85. The maximum Gasteiger partial charge on any atom is 0.228 e. The predicted molar refractivity (Wildman–Crippen MR) is 123 cm³/mol. The summed E-state index contributed by atoms with van der Waals surface area (Å²) in [6, 6.07) is 25.6. The lowest BCUT2D eigenvalue weighted by Gasteiger charge is -2.24. The third-order valence-corrected chi connectivity index (χ3v) is 5.68. The van der Waals surface area contributed by atoms with E-state index in [1.807, 2.05) is 60.7 Å². The summed E-state index contributed by atoms with van der Waals surface area (Å²) >= 11 is 0. The highest BCUT2D eigenvalue weighted by molar-refractivity contribution is 6.16. The molecule has 0 saturated heterocycles. The summed E-state index contributed by atoms with van der Waals surface area (Å²) in [7, 11) is 0. The van der Waals surface area contributed by atoms with Gasteiger partial charge in [0.25, 0.3) is 0 Å². The zero-order valence-electron chi connectivity index (χ0n) is 16.9. The van der Waals surface area contributed by atoms with Crippen LogP contribution in [0.4, 0.5) is 0 Å². The molecule has 0 bridgehead atoms. The average molecular weight is 416 g/mol. The fourth-order valence-electron chi connectivity index (χ4n) is 4.16. The van der Waals surface area contributed by atoms with Crippen LogP contribution in [0.15, 0.2) is 96.4 Å². The molecule has 0 atom stereocenters. The lowest BCUT2D eigenvalue weighted by molar-refractivity contribution is 0.0981. The Hall–Kier alpha value is -4.44. The van der Waals surface area contributed by atoms with Crippen molar-refractivity contribution in [2.24, 2.45) is 0 Å². The summed E-state index contributed by atoms with van der Waals surface area (Å²) in [4.78, 5) is 25.8. The van der Waals surface area contributed by atoms with Gasteiger partial charge in [0.05, 0.1) is 0 Å². The average Bonchev–Trinajstić information content (AvgIpc) is 2.87. The van der Waals surface area contributed by atoms with Gasteiger partial charge in [-0.05, 0) is 35.4 Å². The summed E-state index contributed by atoms with van der Waals surface area (Å²) in [5, 5.41) is 1.74. The number of allylic oxidation sites excluding steroid dienone is 2. The minimum absolute atomic E-state index is 0.170. The molecule has 0 spiro atoms. The van der Waals surface area contributed by atoms with Gasteiger partial charge in [-0.3, -0.25) is 9.59 Å². The summed E-state index contributed by atoms with van der Waals surface area (Å²) in [5.41, 5.74) is 2.90. The first-order valence-corrected chi connectivity index (χ1v) is 10.3. The Bertz CT molecular complexity index is 1360. The number of ether oxygens (including phenoxy) is 2. The Morgan fingerprint density at radius 1 is 0.500 bits per heavy atom. The Morgan fingerprint density at radius 3 is 1.31 bits per heavy atom.